The van der Waals surface area contributed by atoms with Crippen LogP contribution in [0.2, 0.25) is 0 Å². The summed E-state index contributed by atoms with van der Waals surface area (Å²) in [7, 11) is -0.0498. The summed E-state index contributed by atoms with van der Waals surface area (Å²) in [5.74, 6) is -0.178. The van der Waals surface area contributed by atoms with E-state index in [9.17, 15) is 13.2 Å². The van der Waals surface area contributed by atoms with Crippen LogP contribution in [0, 0.1) is 0 Å². The molecular formula is C17H24N4O3S. The zero-order valence-corrected chi connectivity index (χ0v) is 15.7. The van der Waals surface area contributed by atoms with Crippen molar-refractivity contribution < 1.29 is 13.2 Å². The molecule has 1 heterocycles. The maximum Gasteiger partial charge on any atom is 0.253 e. The van der Waals surface area contributed by atoms with Gasteiger partial charge in [0.05, 0.1) is 11.1 Å². The summed E-state index contributed by atoms with van der Waals surface area (Å²) in [6.45, 7) is 4.15. The molecule has 0 radical (unpaired) electrons. The van der Waals surface area contributed by atoms with E-state index in [1.807, 2.05) is 27.1 Å². The van der Waals surface area contributed by atoms with E-state index in [4.69, 9.17) is 0 Å². The Labute approximate surface area is 148 Å². The van der Waals surface area contributed by atoms with Crippen molar-refractivity contribution in [2.45, 2.75) is 37.8 Å². The summed E-state index contributed by atoms with van der Waals surface area (Å²) < 4.78 is 28.8. The fourth-order valence-electron chi connectivity index (χ4n) is 2.31. The highest BCUT2D eigenvalue weighted by molar-refractivity contribution is 7.89. The number of hydrogen-bond donors (Lipinski definition) is 1. The highest BCUT2D eigenvalue weighted by atomic mass is 32.2. The highest BCUT2D eigenvalue weighted by Gasteiger charge is 2.18. The number of nitrogens with one attached hydrogen (secondary N) is 1. The molecule has 0 aliphatic carbocycles. The molecule has 0 spiro atoms. The van der Waals surface area contributed by atoms with Gasteiger partial charge in [-0.1, -0.05) is 6.92 Å². The number of nitrogens with zero attached hydrogens (tertiary/aromatic N) is 3. The molecule has 136 valence electrons. The first-order valence-corrected chi connectivity index (χ1v) is 9.56. The Morgan fingerprint density at radius 2 is 1.96 bits per heavy atom. The number of amides is 1. The molecule has 1 amide bonds. The highest BCUT2D eigenvalue weighted by Crippen LogP contribution is 2.14. The van der Waals surface area contributed by atoms with Crippen LogP contribution in [0.1, 0.15) is 36.2 Å². The van der Waals surface area contributed by atoms with Gasteiger partial charge in [0.15, 0.2) is 0 Å². The lowest BCUT2D eigenvalue weighted by Gasteiger charge is -2.17. The van der Waals surface area contributed by atoms with Crippen LogP contribution in [0.25, 0.3) is 0 Å². The predicted molar refractivity (Wildman–Crippen MR) is 95.5 cm³/mol. The van der Waals surface area contributed by atoms with Gasteiger partial charge >= 0.3 is 0 Å². The number of benzene rings is 1. The molecule has 1 aromatic heterocycles. The summed E-state index contributed by atoms with van der Waals surface area (Å²) in [5.41, 5.74) is 1.36. The second kappa shape index (κ2) is 7.79. The molecule has 1 N–H and O–H groups in total. The summed E-state index contributed by atoms with van der Waals surface area (Å²) in [4.78, 5) is 14.2. The van der Waals surface area contributed by atoms with Crippen LogP contribution in [0.15, 0.2) is 41.6 Å². The molecular weight excluding hydrogens is 340 g/mol. The molecule has 25 heavy (non-hydrogen) atoms. The molecule has 1 atom stereocenters. The van der Waals surface area contributed by atoms with Crippen LogP contribution >= 0.6 is 0 Å². The van der Waals surface area contributed by atoms with Crippen LogP contribution in [0.3, 0.4) is 0 Å². The summed E-state index contributed by atoms with van der Waals surface area (Å²) in [5, 5.41) is 4.08. The molecule has 2 rings (SSSR count). The van der Waals surface area contributed by atoms with Crippen molar-refractivity contribution in [2.24, 2.45) is 7.05 Å². The van der Waals surface area contributed by atoms with Gasteiger partial charge in [0.1, 0.15) is 0 Å². The van der Waals surface area contributed by atoms with Crippen molar-refractivity contribution in [3.8, 4) is 0 Å². The number of carbonyl (C=O) groups is 1. The number of carbonyl (C=O) groups excluding carboxylic acids is 1. The number of aromatic nitrogens is 2. The molecule has 0 saturated carbocycles. The molecule has 0 aliphatic heterocycles. The fourth-order valence-corrected chi connectivity index (χ4v) is 3.64. The third-order valence-electron chi connectivity index (χ3n) is 3.91. The predicted octanol–water partition coefficient (Wildman–Crippen LogP) is 1.77. The molecule has 8 heteroatoms. The van der Waals surface area contributed by atoms with E-state index >= 15 is 0 Å². The lowest BCUT2D eigenvalue weighted by Crippen LogP contribution is -2.32. The topological polar surface area (TPSA) is 84.3 Å². The van der Waals surface area contributed by atoms with Crippen molar-refractivity contribution in [3.05, 3.63) is 47.8 Å². The van der Waals surface area contributed by atoms with Gasteiger partial charge in [-0.3, -0.25) is 9.48 Å². The Bertz CT molecular complexity index is 828. The van der Waals surface area contributed by atoms with E-state index in [0.717, 1.165) is 5.56 Å². The third kappa shape index (κ3) is 4.90. The van der Waals surface area contributed by atoms with E-state index < -0.39 is 10.0 Å². The van der Waals surface area contributed by atoms with Crippen molar-refractivity contribution >= 4 is 15.9 Å². The molecule has 0 saturated heterocycles. The van der Waals surface area contributed by atoms with Crippen molar-refractivity contribution in [3.63, 3.8) is 0 Å². The summed E-state index contributed by atoms with van der Waals surface area (Å²) >= 11 is 0. The lowest BCUT2D eigenvalue weighted by molar-refractivity contribution is 0.0785. The monoisotopic (exact) mass is 364 g/mol. The van der Waals surface area contributed by atoms with Crippen LogP contribution in [-0.2, 0) is 23.6 Å². The van der Waals surface area contributed by atoms with Gasteiger partial charge in [-0.05, 0) is 37.6 Å². The maximum atomic E-state index is 12.5. The SMILES string of the molecule is CCC(C)NS(=O)(=O)c1ccc(C(=O)N(C)Cc2cnn(C)c2)cc1. The molecule has 7 nitrogen and oxygen atoms in total. The van der Waals surface area contributed by atoms with E-state index in [1.165, 1.54) is 24.3 Å². The van der Waals surface area contributed by atoms with E-state index in [1.54, 1.807) is 22.8 Å². The van der Waals surface area contributed by atoms with Gasteiger partial charge in [-0.25, -0.2) is 13.1 Å². The number of rotatable bonds is 7. The first-order chi connectivity index (χ1) is 11.7. The van der Waals surface area contributed by atoms with Gasteiger partial charge in [-0.15, -0.1) is 0 Å². The Kier molecular flexibility index (Phi) is 5.97. The Balaban J connectivity index is 2.09. The minimum absolute atomic E-state index is 0.142. The Hall–Kier alpha value is -2.19. The van der Waals surface area contributed by atoms with Crippen molar-refractivity contribution in [1.82, 2.24) is 19.4 Å². The third-order valence-corrected chi connectivity index (χ3v) is 5.51. The van der Waals surface area contributed by atoms with Gasteiger partial charge in [0, 0.05) is 44.0 Å². The van der Waals surface area contributed by atoms with Crippen molar-refractivity contribution in [1.29, 1.82) is 0 Å². The van der Waals surface area contributed by atoms with Gasteiger partial charge in [0.25, 0.3) is 5.91 Å². The molecule has 2 aromatic rings. The van der Waals surface area contributed by atoms with Gasteiger partial charge < -0.3 is 4.90 Å². The van der Waals surface area contributed by atoms with Crippen LogP contribution in [0.5, 0.6) is 0 Å². The minimum atomic E-state index is -3.57. The second-order valence-electron chi connectivity index (χ2n) is 6.14. The first-order valence-electron chi connectivity index (χ1n) is 8.08. The Morgan fingerprint density at radius 1 is 1.32 bits per heavy atom. The molecule has 1 unspecified atom stereocenters. The normalized spacial score (nSPS) is 12.8. The van der Waals surface area contributed by atoms with Crippen LogP contribution in [-0.4, -0.2) is 42.1 Å². The lowest BCUT2D eigenvalue weighted by atomic mass is 10.2. The van der Waals surface area contributed by atoms with Crippen LogP contribution < -0.4 is 4.72 Å². The standard InChI is InChI=1S/C17H24N4O3S/c1-5-13(2)19-25(23,24)16-8-6-15(7-9-16)17(22)20(3)11-14-10-18-21(4)12-14/h6-10,12-13,19H,5,11H2,1-4H3. The Morgan fingerprint density at radius 3 is 2.48 bits per heavy atom. The van der Waals surface area contributed by atoms with Gasteiger partial charge in [0.2, 0.25) is 10.0 Å². The first kappa shape index (κ1) is 19.1. The number of hydrogen-bond acceptors (Lipinski definition) is 4. The zero-order valence-electron chi connectivity index (χ0n) is 14.9. The van der Waals surface area contributed by atoms with Crippen LogP contribution in [0.4, 0.5) is 0 Å². The average Bonchev–Trinajstić information content (AvgIpc) is 2.98. The maximum absolute atomic E-state index is 12.5. The van der Waals surface area contributed by atoms with E-state index in [0.29, 0.717) is 18.5 Å². The minimum Gasteiger partial charge on any atom is -0.337 e. The summed E-state index contributed by atoms with van der Waals surface area (Å²) in [6, 6.07) is 5.84. The molecule has 0 aliphatic rings. The largest absolute Gasteiger partial charge is 0.337 e. The quantitative estimate of drug-likeness (QED) is 0.811. The number of aryl methyl sites for hydroxylation is 1. The number of sulfonamides is 1. The zero-order chi connectivity index (χ0) is 18.6. The van der Waals surface area contributed by atoms with Crippen molar-refractivity contribution in [2.75, 3.05) is 7.05 Å². The summed E-state index contributed by atoms with van der Waals surface area (Å²) in [6.07, 6.45) is 4.26. The second-order valence-corrected chi connectivity index (χ2v) is 7.85. The smallest absolute Gasteiger partial charge is 0.253 e. The molecule has 1 aromatic carbocycles. The fraction of sp³-hybridized carbons (Fsp3) is 0.412. The molecule has 0 bridgehead atoms. The van der Waals surface area contributed by atoms with E-state index in [2.05, 4.69) is 9.82 Å². The van der Waals surface area contributed by atoms with Gasteiger partial charge in [-0.2, -0.15) is 5.10 Å². The van der Waals surface area contributed by atoms with E-state index in [-0.39, 0.29) is 16.8 Å². The molecule has 0 fully saturated rings. The average molecular weight is 364 g/mol.